The molecular formula is C18H23FN4O2S. The van der Waals surface area contributed by atoms with E-state index in [-0.39, 0.29) is 11.9 Å². The van der Waals surface area contributed by atoms with E-state index in [9.17, 15) is 14.0 Å². The van der Waals surface area contributed by atoms with Crippen LogP contribution in [0.15, 0.2) is 29.6 Å². The lowest BCUT2D eigenvalue weighted by molar-refractivity contribution is 0.0949. The average molecular weight is 378 g/mol. The summed E-state index contributed by atoms with van der Waals surface area (Å²) in [7, 11) is 0. The molecule has 2 N–H and O–H groups in total. The fraction of sp³-hybridized carbons (Fsp3) is 0.389. The highest BCUT2D eigenvalue weighted by Crippen LogP contribution is 2.15. The average Bonchev–Trinajstić information content (AvgIpc) is 3.08. The van der Waals surface area contributed by atoms with E-state index in [0.717, 1.165) is 12.8 Å². The third kappa shape index (κ3) is 5.80. The van der Waals surface area contributed by atoms with E-state index < -0.39 is 5.82 Å². The zero-order valence-corrected chi connectivity index (χ0v) is 15.7. The van der Waals surface area contributed by atoms with Crippen molar-refractivity contribution < 1.29 is 14.0 Å². The van der Waals surface area contributed by atoms with Crippen LogP contribution in [0.5, 0.6) is 0 Å². The Morgan fingerprint density at radius 2 is 2.08 bits per heavy atom. The zero-order chi connectivity index (χ0) is 18.9. The van der Waals surface area contributed by atoms with Crippen LogP contribution in [0.3, 0.4) is 0 Å². The van der Waals surface area contributed by atoms with Crippen LogP contribution in [-0.2, 0) is 6.54 Å². The summed E-state index contributed by atoms with van der Waals surface area (Å²) in [5, 5.41) is 7.83. The molecule has 2 aromatic rings. The second-order valence-corrected chi connectivity index (χ2v) is 6.69. The van der Waals surface area contributed by atoms with Gasteiger partial charge in [0.1, 0.15) is 16.5 Å². The van der Waals surface area contributed by atoms with Crippen LogP contribution >= 0.6 is 11.3 Å². The quantitative estimate of drug-likeness (QED) is 0.732. The summed E-state index contributed by atoms with van der Waals surface area (Å²) in [6, 6.07) is 5.42. The largest absolute Gasteiger partial charge is 0.351 e. The topological polar surface area (TPSA) is 74.3 Å². The number of hydrogen-bond donors (Lipinski definition) is 2. The number of nitrogens with zero attached hydrogens (tertiary/aromatic N) is 2. The second kappa shape index (κ2) is 9.86. The summed E-state index contributed by atoms with van der Waals surface area (Å²) in [5.74, 6) is -0.617. The van der Waals surface area contributed by atoms with E-state index in [1.165, 1.54) is 29.5 Å². The molecule has 6 nitrogen and oxygen atoms in total. The number of amides is 3. The van der Waals surface area contributed by atoms with Gasteiger partial charge in [0, 0.05) is 24.2 Å². The molecular weight excluding hydrogens is 355 g/mol. The Bertz CT molecular complexity index is 750. The molecule has 2 rings (SSSR count). The van der Waals surface area contributed by atoms with Gasteiger partial charge in [0.05, 0.1) is 6.54 Å². The number of urea groups is 1. The van der Waals surface area contributed by atoms with E-state index in [0.29, 0.717) is 36.0 Å². The van der Waals surface area contributed by atoms with Crippen LogP contribution in [0.2, 0.25) is 0 Å². The molecule has 0 fully saturated rings. The number of thiazole rings is 1. The molecule has 1 aromatic carbocycles. The molecule has 0 bridgehead atoms. The molecule has 1 aromatic heterocycles. The Kier molecular flexibility index (Phi) is 7.53. The van der Waals surface area contributed by atoms with Crippen molar-refractivity contribution in [3.8, 4) is 0 Å². The molecule has 3 amide bonds. The maximum atomic E-state index is 13.3. The lowest BCUT2D eigenvalue weighted by Gasteiger charge is -2.21. The van der Waals surface area contributed by atoms with Crippen molar-refractivity contribution >= 4 is 29.0 Å². The smallest absolute Gasteiger partial charge is 0.322 e. The van der Waals surface area contributed by atoms with Gasteiger partial charge in [-0.3, -0.25) is 4.79 Å². The molecule has 0 atom stereocenters. The van der Waals surface area contributed by atoms with Gasteiger partial charge in [-0.25, -0.2) is 14.2 Å². The van der Waals surface area contributed by atoms with Crippen molar-refractivity contribution in [2.75, 3.05) is 18.4 Å². The zero-order valence-electron chi connectivity index (χ0n) is 14.9. The summed E-state index contributed by atoms with van der Waals surface area (Å²) >= 11 is 1.34. The van der Waals surface area contributed by atoms with Crippen LogP contribution in [0.25, 0.3) is 0 Å². The summed E-state index contributed by atoms with van der Waals surface area (Å²) in [4.78, 5) is 30.3. The molecule has 1 heterocycles. The number of anilines is 1. The van der Waals surface area contributed by atoms with Crippen molar-refractivity contribution in [2.45, 2.75) is 33.2 Å². The number of halogens is 1. The highest BCUT2D eigenvalue weighted by molar-refractivity contribution is 7.09. The number of rotatable bonds is 8. The first-order chi connectivity index (χ1) is 12.5. The van der Waals surface area contributed by atoms with Crippen LogP contribution < -0.4 is 10.6 Å². The third-order valence-electron chi connectivity index (χ3n) is 3.50. The van der Waals surface area contributed by atoms with Gasteiger partial charge in [0.2, 0.25) is 0 Å². The molecule has 0 saturated carbocycles. The molecule has 0 unspecified atom stereocenters. The molecule has 26 heavy (non-hydrogen) atoms. The summed E-state index contributed by atoms with van der Waals surface area (Å²) < 4.78 is 13.3. The van der Waals surface area contributed by atoms with Gasteiger partial charge >= 0.3 is 6.03 Å². The minimum Gasteiger partial charge on any atom is -0.351 e. The minimum atomic E-state index is -0.410. The monoisotopic (exact) mass is 378 g/mol. The minimum absolute atomic E-state index is 0.208. The van der Waals surface area contributed by atoms with Gasteiger partial charge in [-0.05, 0) is 31.0 Å². The fourth-order valence-corrected chi connectivity index (χ4v) is 3.06. The van der Waals surface area contributed by atoms with Crippen LogP contribution in [0.4, 0.5) is 14.9 Å². The van der Waals surface area contributed by atoms with Crippen molar-refractivity contribution in [1.82, 2.24) is 15.2 Å². The molecule has 8 heteroatoms. The first kappa shape index (κ1) is 19.8. The van der Waals surface area contributed by atoms with E-state index in [1.54, 1.807) is 16.3 Å². The Labute approximate surface area is 156 Å². The lowest BCUT2D eigenvalue weighted by atomic mass is 10.3. The van der Waals surface area contributed by atoms with E-state index in [2.05, 4.69) is 15.6 Å². The summed E-state index contributed by atoms with van der Waals surface area (Å²) in [6.07, 6.45) is 1.62. The first-order valence-electron chi connectivity index (χ1n) is 8.57. The highest BCUT2D eigenvalue weighted by Gasteiger charge is 2.17. The molecule has 0 aliphatic heterocycles. The summed E-state index contributed by atoms with van der Waals surface area (Å²) in [5.41, 5.74) is 0.760. The van der Waals surface area contributed by atoms with Crippen molar-refractivity contribution in [3.63, 3.8) is 0 Å². The molecule has 0 spiro atoms. The van der Waals surface area contributed by atoms with Gasteiger partial charge in [0.25, 0.3) is 5.91 Å². The Morgan fingerprint density at radius 3 is 2.77 bits per heavy atom. The standard InChI is InChI=1S/C18H23FN4O2S/c1-3-8-20-17(24)15-12-26-16(22-15)11-23(9-4-2)18(25)21-14-7-5-6-13(19)10-14/h5-7,10,12H,3-4,8-9,11H2,1-2H3,(H,20,24)(H,21,25). The van der Waals surface area contributed by atoms with E-state index in [4.69, 9.17) is 0 Å². The first-order valence-corrected chi connectivity index (χ1v) is 9.45. The van der Waals surface area contributed by atoms with E-state index in [1.807, 2.05) is 13.8 Å². The maximum Gasteiger partial charge on any atom is 0.322 e. The van der Waals surface area contributed by atoms with Gasteiger partial charge < -0.3 is 15.5 Å². The number of benzene rings is 1. The predicted octanol–water partition coefficient (Wildman–Crippen LogP) is 3.87. The van der Waals surface area contributed by atoms with Crippen LogP contribution in [0, 0.1) is 5.82 Å². The number of aromatic nitrogens is 1. The van der Waals surface area contributed by atoms with Crippen LogP contribution in [0.1, 0.15) is 42.2 Å². The van der Waals surface area contributed by atoms with Crippen molar-refractivity contribution in [3.05, 3.63) is 46.2 Å². The van der Waals surface area contributed by atoms with Gasteiger partial charge in [-0.2, -0.15) is 0 Å². The van der Waals surface area contributed by atoms with Gasteiger partial charge in [0.15, 0.2) is 0 Å². The molecule has 0 aliphatic rings. The Hall–Kier alpha value is -2.48. The number of carbonyl (C=O) groups excluding carboxylic acids is 2. The third-order valence-corrected chi connectivity index (χ3v) is 4.34. The maximum absolute atomic E-state index is 13.3. The second-order valence-electron chi connectivity index (χ2n) is 5.74. The Balaban J connectivity index is 2.02. The molecule has 140 valence electrons. The number of nitrogens with one attached hydrogen (secondary N) is 2. The number of carbonyl (C=O) groups is 2. The van der Waals surface area contributed by atoms with Crippen molar-refractivity contribution in [2.24, 2.45) is 0 Å². The SMILES string of the molecule is CCCNC(=O)c1csc(CN(CCC)C(=O)Nc2cccc(F)c2)n1. The van der Waals surface area contributed by atoms with E-state index >= 15 is 0 Å². The molecule has 0 aliphatic carbocycles. The van der Waals surface area contributed by atoms with Gasteiger partial charge in [-0.1, -0.05) is 19.9 Å². The van der Waals surface area contributed by atoms with Crippen molar-refractivity contribution in [1.29, 1.82) is 0 Å². The Morgan fingerprint density at radius 1 is 1.27 bits per heavy atom. The lowest BCUT2D eigenvalue weighted by Crippen LogP contribution is -2.35. The van der Waals surface area contributed by atoms with Crippen LogP contribution in [-0.4, -0.2) is 34.9 Å². The normalized spacial score (nSPS) is 10.4. The fourth-order valence-electron chi connectivity index (χ4n) is 2.27. The predicted molar refractivity (Wildman–Crippen MR) is 101 cm³/mol. The van der Waals surface area contributed by atoms with Gasteiger partial charge in [-0.15, -0.1) is 11.3 Å². The molecule has 0 saturated heterocycles. The summed E-state index contributed by atoms with van der Waals surface area (Å²) in [6.45, 7) is 5.36. The number of hydrogen-bond acceptors (Lipinski definition) is 4. The molecule has 0 radical (unpaired) electrons. The highest BCUT2D eigenvalue weighted by atomic mass is 32.1.